The number of rotatable bonds is 4. The molecule has 4 nitrogen and oxygen atoms in total. The highest BCUT2D eigenvalue weighted by Crippen LogP contribution is 2.35. The summed E-state index contributed by atoms with van der Waals surface area (Å²) in [6.45, 7) is 1.09. The first-order valence-electron chi connectivity index (χ1n) is 6.86. The van der Waals surface area contributed by atoms with Gasteiger partial charge in [0.05, 0.1) is 17.7 Å². The van der Waals surface area contributed by atoms with Crippen LogP contribution in [0, 0.1) is 11.3 Å². The van der Waals surface area contributed by atoms with Gasteiger partial charge in [-0.3, -0.25) is 0 Å². The highest BCUT2D eigenvalue weighted by molar-refractivity contribution is 5.45. The highest BCUT2D eigenvalue weighted by atomic mass is 16.5. The van der Waals surface area contributed by atoms with E-state index in [1.807, 2.05) is 43.4 Å². The van der Waals surface area contributed by atoms with Crippen LogP contribution in [0.5, 0.6) is 11.5 Å². The maximum atomic E-state index is 8.89. The van der Waals surface area contributed by atoms with Gasteiger partial charge in [0.1, 0.15) is 24.7 Å². The second-order valence-corrected chi connectivity index (χ2v) is 4.95. The van der Waals surface area contributed by atoms with Crippen molar-refractivity contribution in [3.63, 3.8) is 0 Å². The smallest absolute Gasteiger partial charge is 0.127 e. The van der Waals surface area contributed by atoms with Gasteiger partial charge in [-0.2, -0.15) is 5.26 Å². The Morgan fingerprint density at radius 2 is 2.24 bits per heavy atom. The fourth-order valence-corrected chi connectivity index (χ4v) is 2.42. The van der Waals surface area contributed by atoms with Gasteiger partial charge in [0.2, 0.25) is 0 Å². The average Bonchev–Trinajstić information content (AvgIpc) is 2.95. The number of hydrogen-bond donors (Lipinski definition) is 1. The summed E-state index contributed by atoms with van der Waals surface area (Å²) in [5, 5.41) is 12.1. The molecule has 1 N–H and O–H groups in total. The third-order valence-electron chi connectivity index (χ3n) is 3.58. The molecule has 0 saturated heterocycles. The van der Waals surface area contributed by atoms with Crippen LogP contribution in [0.15, 0.2) is 42.5 Å². The minimum absolute atomic E-state index is 0.251. The fourth-order valence-electron chi connectivity index (χ4n) is 2.42. The Bertz CT molecular complexity index is 691. The van der Waals surface area contributed by atoms with E-state index < -0.39 is 0 Å². The minimum Gasteiger partial charge on any atom is -0.491 e. The van der Waals surface area contributed by atoms with Crippen LogP contribution >= 0.6 is 0 Å². The van der Waals surface area contributed by atoms with E-state index in [-0.39, 0.29) is 6.04 Å². The second kappa shape index (κ2) is 5.86. The summed E-state index contributed by atoms with van der Waals surface area (Å²) in [4.78, 5) is 0. The van der Waals surface area contributed by atoms with Gasteiger partial charge >= 0.3 is 0 Å². The summed E-state index contributed by atoms with van der Waals surface area (Å²) < 4.78 is 11.4. The molecule has 2 aromatic carbocycles. The number of hydrogen-bond acceptors (Lipinski definition) is 4. The monoisotopic (exact) mass is 280 g/mol. The molecule has 3 rings (SSSR count). The van der Waals surface area contributed by atoms with Gasteiger partial charge in [-0.1, -0.05) is 12.1 Å². The van der Waals surface area contributed by atoms with Gasteiger partial charge in [0.25, 0.3) is 0 Å². The van der Waals surface area contributed by atoms with E-state index in [0.717, 1.165) is 22.6 Å². The molecule has 4 heteroatoms. The zero-order valence-corrected chi connectivity index (χ0v) is 11.8. The van der Waals surface area contributed by atoms with Crippen LogP contribution in [0.2, 0.25) is 0 Å². The number of nitriles is 1. The van der Waals surface area contributed by atoms with E-state index in [1.54, 1.807) is 6.07 Å². The topological polar surface area (TPSA) is 54.3 Å². The number of fused-ring (bicyclic) bond motifs is 1. The minimum atomic E-state index is 0.251. The van der Waals surface area contributed by atoms with Crippen molar-refractivity contribution in [1.82, 2.24) is 5.32 Å². The van der Waals surface area contributed by atoms with E-state index in [9.17, 15) is 0 Å². The summed E-state index contributed by atoms with van der Waals surface area (Å²) in [7, 11) is 1.93. The predicted octanol–water partition coefficient (Wildman–Crippen LogP) is 2.79. The lowest BCUT2D eigenvalue weighted by Crippen LogP contribution is -2.17. The summed E-state index contributed by atoms with van der Waals surface area (Å²) in [5.74, 6) is 1.64. The molecule has 106 valence electrons. The predicted molar refractivity (Wildman–Crippen MR) is 79.2 cm³/mol. The normalized spacial score (nSPS) is 15.9. The van der Waals surface area contributed by atoms with Gasteiger partial charge in [-0.15, -0.1) is 0 Å². The Hall–Kier alpha value is -2.51. The molecule has 0 fully saturated rings. The van der Waals surface area contributed by atoms with Gasteiger partial charge in [0, 0.05) is 11.6 Å². The molecular weight excluding hydrogens is 264 g/mol. The highest BCUT2D eigenvalue weighted by Gasteiger charge is 2.22. The molecule has 2 aromatic rings. The summed E-state index contributed by atoms with van der Waals surface area (Å²) >= 11 is 0. The Labute approximate surface area is 123 Å². The zero-order chi connectivity index (χ0) is 14.7. The van der Waals surface area contributed by atoms with Crippen molar-refractivity contribution in [2.24, 2.45) is 0 Å². The van der Waals surface area contributed by atoms with Gasteiger partial charge in [-0.25, -0.2) is 0 Å². The summed E-state index contributed by atoms with van der Waals surface area (Å²) in [5.41, 5.74) is 2.78. The SMILES string of the molecule is CNC1COc2cc(OCc3cccc(C#N)c3)ccc21. The fraction of sp³-hybridized carbons (Fsp3) is 0.235. The van der Waals surface area contributed by atoms with Crippen LogP contribution in [0.25, 0.3) is 0 Å². The van der Waals surface area contributed by atoms with Crippen molar-refractivity contribution in [2.45, 2.75) is 12.6 Å². The molecule has 0 radical (unpaired) electrons. The Balaban J connectivity index is 1.70. The van der Waals surface area contributed by atoms with Gasteiger partial charge in [-0.05, 0) is 36.9 Å². The van der Waals surface area contributed by atoms with Crippen molar-refractivity contribution in [3.05, 3.63) is 59.2 Å². The standard InChI is InChI=1S/C17H16N2O2/c1-19-16-11-21-17-8-14(5-6-15(16)17)20-10-13-4-2-3-12(7-13)9-18/h2-8,16,19H,10-11H2,1H3. The zero-order valence-electron chi connectivity index (χ0n) is 11.8. The Morgan fingerprint density at radius 1 is 1.33 bits per heavy atom. The van der Waals surface area contributed by atoms with E-state index in [0.29, 0.717) is 18.8 Å². The molecule has 0 amide bonds. The lowest BCUT2D eigenvalue weighted by molar-refractivity contribution is 0.298. The largest absolute Gasteiger partial charge is 0.491 e. The van der Waals surface area contributed by atoms with E-state index >= 15 is 0 Å². The molecule has 0 spiro atoms. The van der Waals surface area contributed by atoms with Crippen LogP contribution in [0.3, 0.4) is 0 Å². The van der Waals surface area contributed by atoms with Crippen LogP contribution in [-0.2, 0) is 6.61 Å². The first-order chi connectivity index (χ1) is 10.3. The van der Waals surface area contributed by atoms with Crippen LogP contribution < -0.4 is 14.8 Å². The number of nitrogens with one attached hydrogen (secondary N) is 1. The molecule has 1 unspecified atom stereocenters. The van der Waals surface area contributed by atoms with Crippen molar-refractivity contribution in [1.29, 1.82) is 5.26 Å². The molecular formula is C17H16N2O2. The number of nitrogens with zero attached hydrogens (tertiary/aromatic N) is 1. The molecule has 0 aromatic heterocycles. The van der Waals surface area contributed by atoms with E-state index in [1.165, 1.54) is 0 Å². The lowest BCUT2D eigenvalue weighted by atomic mass is 10.1. The molecule has 0 aliphatic carbocycles. The molecule has 0 saturated carbocycles. The number of likely N-dealkylation sites (N-methyl/N-ethyl adjacent to an activating group) is 1. The molecule has 0 bridgehead atoms. The quantitative estimate of drug-likeness (QED) is 0.935. The maximum absolute atomic E-state index is 8.89. The van der Waals surface area contributed by atoms with Gasteiger partial charge in [0.15, 0.2) is 0 Å². The van der Waals surface area contributed by atoms with Crippen molar-refractivity contribution >= 4 is 0 Å². The molecule has 1 atom stereocenters. The molecule has 1 aliphatic rings. The molecule has 1 heterocycles. The molecule has 21 heavy (non-hydrogen) atoms. The Morgan fingerprint density at radius 3 is 3.05 bits per heavy atom. The van der Waals surface area contributed by atoms with E-state index in [2.05, 4.69) is 11.4 Å². The third kappa shape index (κ3) is 2.83. The first-order valence-corrected chi connectivity index (χ1v) is 6.86. The van der Waals surface area contributed by atoms with Crippen molar-refractivity contribution in [3.8, 4) is 17.6 Å². The van der Waals surface area contributed by atoms with E-state index in [4.69, 9.17) is 14.7 Å². The molecule has 1 aliphatic heterocycles. The van der Waals surface area contributed by atoms with Gasteiger partial charge < -0.3 is 14.8 Å². The maximum Gasteiger partial charge on any atom is 0.127 e. The lowest BCUT2D eigenvalue weighted by Gasteiger charge is -2.09. The van der Waals surface area contributed by atoms with Crippen LogP contribution in [-0.4, -0.2) is 13.7 Å². The van der Waals surface area contributed by atoms with Crippen molar-refractivity contribution in [2.75, 3.05) is 13.7 Å². The Kier molecular flexibility index (Phi) is 3.76. The third-order valence-corrected chi connectivity index (χ3v) is 3.58. The second-order valence-electron chi connectivity index (χ2n) is 4.95. The number of benzene rings is 2. The van der Waals surface area contributed by atoms with Crippen molar-refractivity contribution < 1.29 is 9.47 Å². The average molecular weight is 280 g/mol. The first kappa shape index (κ1) is 13.5. The summed E-state index contributed by atoms with van der Waals surface area (Å²) in [6.07, 6.45) is 0. The summed E-state index contributed by atoms with van der Waals surface area (Å²) in [6, 6.07) is 15.7. The van der Waals surface area contributed by atoms with Crippen LogP contribution in [0.1, 0.15) is 22.7 Å². The number of ether oxygens (including phenoxy) is 2. The van der Waals surface area contributed by atoms with Crippen LogP contribution in [0.4, 0.5) is 0 Å².